The molecule has 4 heterocycles. The third kappa shape index (κ3) is 6.23. The number of benzene rings is 6. The van der Waals surface area contributed by atoms with E-state index in [1.54, 1.807) is 0 Å². The minimum Gasteiger partial charge on any atom is -0.509 e. The molecule has 8 aromatic rings. The van der Waals surface area contributed by atoms with E-state index in [4.69, 9.17) is 9.72 Å². The first kappa shape index (κ1) is 38.1. The molecule has 2 aliphatic heterocycles. The van der Waals surface area contributed by atoms with Gasteiger partial charge >= 0.3 is 0 Å². The van der Waals surface area contributed by atoms with Gasteiger partial charge in [0, 0.05) is 72.6 Å². The predicted molar refractivity (Wildman–Crippen MR) is 244 cm³/mol. The molecule has 5 nitrogen and oxygen atoms in total. The van der Waals surface area contributed by atoms with E-state index in [1.165, 1.54) is 27.7 Å². The fourth-order valence-electron chi connectivity index (χ4n) is 9.44. The summed E-state index contributed by atoms with van der Waals surface area (Å²) in [6, 6.07) is 56.6. The van der Waals surface area contributed by atoms with E-state index in [0.29, 0.717) is 24.0 Å². The molecular formula is C53H42BN4OPt-3. The first-order chi connectivity index (χ1) is 28.8. The van der Waals surface area contributed by atoms with Crippen LogP contribution in [0.2, 0.25) is 6.82 Å². The Hall–Kier alpha value is -6.10. The fraction of sp³-hybridized carbons (Fsp3) is 0.132. The smallest absolute Gasteiger partial charge is 0.153 e. The number of para-hydroxylation sites is 3. The van der Waals surface area contributed by atoms with Crippen LogP contribution >= 0.6 is 0 Å². The zero-order valence-corrected chi connectivity index (χ0v) is 36.2. The third-order valence-electron chi connectivity index (χ3n) is 12.3. The largest absolute Gasteiger partial charge is 0.509 e. The Morgan fingerprint density at radius 1 is 0.733 bits per heavy atom. The second-order valence-corrected chi connectivity index (χ2v) is 16.9. The van der Waals surface area contributed by atoms with E-state index >= 15 is 0 Å². The van der Waals surface area contributed by atoms with Crippen molar-refractivity contribution in [1.82, 2.24) is 9.55 Å². The van der Waals surface area contributed by atoms with Crippen LogP contribution in [0.1, 0.15) is 49.8 Å². The number of anilines is 4. The number of rotatable bonds is 7. The molecule has 3 aliphatic rings. The van der Waals surface area contributed by atoms with Crippen LogP contribution in [0, 0.1) is 18.8 Å². The van der Waals surface area contributed by atoms with E-state index in [9.17, 15) is 0 Å². The van der Waals surface area contributed by atoms with Gasteiger partial charge in [0.05, 0.1) is 0 Å². The molecule has 0 bridgehead atoms. The Morgan fingerprint density at radius 3 is 2.10 bits per heavy atom. The Kier molecular flexibility index (Phi) is 9.45. The summed E-state index contributed by atoms with van der Waals surface area (Å²) in [5.41, 5.74) is 15.0. The van der Waals surface area contributed by atoms with E-state index in [1.807, 2.05) is 18.3 Å². The van der Waals surface area contributed by atoms with Crippen LogP contribution in [0.25, 0.3) is 45.1 Å². The summed E-state index contributed by atoms with van der Waals surface area (Å²) >= 11 is 0. The number of fused-ring (bicyclic) bond motifs is 1. The molecule has 0 fully saturated rings. The van der Waals surface area contributed by atoms with Gasteiger partial charge in [0.15, 0.2) is 6.71 Å². The molecule has 7 heteroatoms. The number of hydrogen-bond acceptors (Lipinski definition) is 4. The number of pyridine rings is 1. The Balaban J connectivity index is 0.00000433. The van der Waals surface area contributed by atoms with Crippen molar-refractivity contribution in [3.8, 4) is 39.6 Å². The molecule has 296 valence electrons. The Bertz CT molecular complexity index is 2900. The number of aromatic nitrogens is 2. The first-order valence-corrected chi connectivity index (χ1v) is 20.6. The van der Waals surface area contributed by atoms with E-state index in [2.05, 4.69) is 200 Å². The standard InChI is InChI=1S/C53H42BN4O.Pt/c1-53(2,3)37-28-29-55-49(30-37)58-47-27-15-24-43-50(47)51-44(54(43)4)32-40(33-48(51)58)59-39-21-13-20-38(31-39)56-34-57(46-26-12-11-25-45(46)56)52-41(35-16-7-5-8-17-35)22-14-23-42(52)36-18-9-6-10-19-36;/h5-23,25-30,32,34,43H,24H2,1-4H3;/q-3;. The number of ether oxygens (including phenoxy) is 1. The summed E-state index contributed by atoms with van der Waals surface area (Å²) < 4.78 is 9.10. The van der Waals surface area contributed by atoms with Gasteiger partial charge in [0.25, 0.3) is 0 Å². The monoisotopic (exact) mass is 956 g/mol. The zero-order valence-electron chi connectivity index (χ0n) is 34.0. The molecule has 6 aromatic carbocycles. The maximum Gasteiger partial charge on any atom is 0.153 e. The molecular weight excluding hydrogens is 914 g/mol. The van der Waals surface area contributed by atoms with Gasteiger partial charge in [0.1, 0.15) is 5.82 Å². The summed E-state index contributed by atoms with van der Waals surface area (Å²) in [4.78, 5) is 9.47. The summed E-state index contributed by atoms with van der Waals surface area (Å²) in [6.45, 7) is 11.7. The minimum atomic E-state index is -0.00552. The topological polar surface area (TPSA) is 33.5 Å². The molecule has 0 saturated carbocycles. The fourth-order valence-corrected chi connectivity index (χ4v) is 9.44. The van der Waals surface area contributed by atoms with Gasteiger partial charge in [-0.25, -0.2) is 4.98 Å². The number of nitrogens with zero attached hydrogens (tertiary/aromatic N) is 4. The number of hydrogen-bond donors (Lipinski definition) is 0. The minimum absolute atomic E-state index is 0. The van der Waals surface area contributed by atoms with Crippen LogP contribution in [-0.2, 0) is 26.5 Å². The normalized spacial score (nSPS) is 15.1. The quantitative estimate of drug-likeness (QED) is 0.118. The first-order valence-electron chi connectivity index (χ1n) is 20.6. The van der Waals surface area contributed by atoms with Crippen molar-refractivity contribution in [3.63, 3.8) is 0 Å². The van der Waals surface area contributed by atoms with E-state index in [-0.39, 0.29) is 26.5 Å². The predicted octanol–water partition coefficient (Wildman–Crippen LogP) is 12.8. The molecule has 11 rings (SSSR count). The van der Waals surface area contributed by atoms with Crippen molar-refractivity contribution < 1.29 is 25.8 Å². The summed E-state index contributed by atoms with van der Waals surface area (Å²) in [6.07, 6.45) is 7.56. The van der Waals surface area contributed by atoms with Gasteiger partial charge < -0.3 is 19.1 Å². The molecule has 1 aliphatic carbocycles. The SMILES string of the molecule is CB1c2cc(Oc3[c-]c(N4[CH-]N(c5c(-c6ccccc6)cccc5-c5ccccc5)c5ccccc54)ccc3)[c-]c3c2c2c(n3-c3cc(C(C)(C)C)ccn3)C=CCC12.[Pt]. The summed E-state index contributed by atoms with van der Waals surface area (Å²) in [7, 11) is 0. The molecule has 0 saturated heterocycles. The molecule has 1 unspecified atom stereocenters. The maximum absolute atomic E-state index is 6.80. The zero-order chi connectivity index (χ0) is 39.8. The summed E-state index contributed by atoms with van der Waals surface area (Å²) in [5, 5.41) is 1.30. The van der Waals surface area contributed by atoms with Crippen LogP contribution in [0.4, 0.5) is 22.7 Å². The third-order valence-corrected chi connectivity index (χ3v) is 12.3. The van der Waals surface area contributed by atoms with Gasteiger partial charge in [-0.15, -0.1) is 48.1 Å². The van der Waals surface area contributed by atoms with Crippen molar-refractivity contribution in [2.75, 3.05) is 9.80 Å². The van der Waals surface area contributed by atoms with Gasteiger partial charge in [-0.1, -0.05) is 136 Å². The maximum atomic E-state index is 6.80. The van der Waals surface area contributed by atoms with Gasteiger partial charge in [-0.3, -0.25) is 0 Å². The molecule has 0 spiro atoms. The van der Waals surface area contributed by atoms with Crippen molar-refractivity contribution >= 4 is 51.9 Å². The molecule has 0 N–H and O–H groups in total. The van der Waals surface area contributed by atoms with E-state index < -0.39 is 0 Å². The van der Waals surface area contributed by atoms with Crippen molar-refractivity contribution in [1.29, 1.82) is 0 Å². The summed E-state index contributed by atoms with van der Waals surface area (Å²) in [5.74, 6) is 2.64. The Labute approximate surface area is 367 Å². The van der Waals surface area contributed by atoms with Crippen molar-refractivity contribution in [2.45, 2.75) is 45.2 Å². The second-order valence-electron chi connectivity index (χ2n) is 16.9. The molecule has 0 radical (unpaired) electrons. The molecule has 0 amide bonds. The average Bonchev–Trinajstić information content (AvgIpc) is 3.92. The molecule has 60 heavy (non-hydrogen) atoms. The van der Waals surface area contributed by atoms with Gasteiger partial charge in [-0.2, -0.15) is 11.5 Å². The number of allylic oxidation sites excluding steroid dienone is 1. The van der Waals surface area contributed by atoms with E-state index in [0.717, 1.165) is 62.8 Å². The Morgan fingerprint density at radius 2 is 1.40 bits per heavy atom. The van der Waals surface area contributed by atoms with Gasteiger partial charge in [0.2, 0.25) is 0 Å². The van der Waals surface area contributed by atoms with Crippen LogP contribution in [-0.4, -0.2) is 16.3 Å². The molecule has 2 aromatic heterocycles. The average molecular weight is 957 g/mol. The van der Waals surface area contributed by atoms with Crippen LogP contribution in [0.3, 0.4) is 0 Å². The second kappa shape index (κ2) is 14.9. The van der Waals surface area contributed by atoms with Gasteiger partial charge in [-0.05, 0) is 64.7 Å². The van der Waals surface area contributed by atoms with Crippen LogP contribution in [0.15, 0.2) is 152 Å². The molecule has 1 atom stereocenters. The van der Waals surface area contributed by atoms with Crippen LogP contribution < -0.4 is 20.0 Å². The van der Waals surface area contributed by atoms with Crippen molar-refractivity contribution in [3.05, 3.63) is 187 Å². The van der Waals surface area contributed by atoms with Crippen molar-refractivity contribution in [2.24, 2.45) is 0 Å². The van der Waals surface area contributed by atoms with Crippen LogP contribution in [0.5, 0.6) is 11.5 Å².